The Bertz CT molecular complexity index is 529. The smallest absolute Gasteiger partial charge is 0.326 e. The lowest BCUT2D eigenvalue weighted by Gasteiger charge is -2.13. The molecular formula is C11H13N3O5. The number of amides is 1. The number of rotatable bonds is 5. The van der Waals surface area contributed by atoms with E-state index in [0.29, 0.717) is 11.4 Å². The van der Waals surface area contributed by atoms with Gasteiger partial charge in [0.2, 0.25) is 0 Å². The number of carboxylic acids is 2. The molecule has 0 saturated carbocycles. The fourth-order valence-electron chi connectivity index (χ4n) is 1.39. The van der Waals surface area contributed by atoms with Gasteiger partial charge in [0.15, 0.2) is 0 Å². The lowest BCUT2D eigenvalue weighted by atomic mass is 10.1. The van der Waals surface area contributed by atoms with Crippen molar-refractivity contribution in [1.29, 1.82) is 0 Å². The molecule has 0 bridgehead atoms. The van der Waals surface area contributed by atoms with Crippen LogP contribution in [0, 0.1) is 13.8 Å². The fraction of sp³-hybridized carbons (Fsp3) is 0.364. The summed E-state index contributed by atoms with van der Waals surface area (Å²) in [6.07, 6.45) is -0.697. The van der Waals surface area contributed by atoms with Crippen LogP contribution < -0.4 is 5.32 Å². The van der Waals surface area contributed by atoms with E-state index in [2.05, 4.69) is 15.5 Å². The molecule has 1 rings (SSSR count). The second kappa shape index (κ2) is 5.89. The SMILES string of the molecule is Cc1cc(C(=O)N[C@H](CC(=O)O)C(=O)O)c(C)nn1. The van der Waals surface area contributed by atoms with Crippen LogP contribution in [0.1, 0.15) is 28.2 Å². The predicted molar refractivity (Wildman–Crippen MR) is 62.6 cm³/mol. The molecule has 102 valence electrons. The van der Waals surface area contributed by atoms with Crippen LogP contribution >= 0.6 is 0 Å². The Morgan fingerprint density at radius 1 is 1.26 bits per heavy atom. The van der Waals surface area contributed by atoms with Crippen LogP contribution in [0.25, 0.3) is 0 Å². The van der Waals surface area contributed by atoms with E-state index in [9.17, 15) is 14.4 Å². The molecule has 0 aliphatic carbocycles. The molecule has 0 fully saturated rings. The highest BCUT2D eigenvalue weighted by atomic mass is 16.4. The van der Waals surface area contributed by atoms with Gasteiger partial charge < -0.3 is 15.5 Å². The van der Waals surface area contributed by atoms with Crippen molar-refractivity contribution in [2.45, 2.75) is 26.3 Å². The molecule has 1 atom stereocenters. The number of hydrogen-bond donors (Lipinski definition) is 3. The minimum atomic E-state index is -1.49. The Morgan fingerprint density at radius 3 is 2.42 bits per heavy atom. The van der Waals surface area contributed by atoms with Crippen molar-refractivity contribution < 1.29 is 24.6 Å². The molecule has 8 heteroatoms. The Labute approximate surface area is 108 Å². The second-order valence-electron chi connectivity index (χ2n) is 3.95. The van der Waals surface area contributed by atoms with Crippen LogP contribution in [0.4, 0.5) is 0 Å². The summed E-state index contributed by atoms with van der Waals surface area (Å²) >= 11 is 0. The van der Waals surface area contributed by atoms with Gasteiger partial charge in [-0.2, -0.15) is 10.2 Å². The van der Waals surface area contributed by atoms with Crippen molar-refractivity contribution in [1.82, 2.24) is 15.5 Å². The van der Waals surface area contributed by atoms with Crippen molar-refractivity contribution in [3.63, 3.8) is 0 Å². The fourth-order valence-corrected chi connectivity index (χ4v) is 1.39. The number of carbonyl (C=O) groups is 3. The predicted octanol–water partition coefficient (Wildman–Crippen LogP) is -0.249. The molecule has 0 aromatic carbocycles. The first kappa shape index (κ1) is 14.6. The molecule has 8 nitrogen and oxygen atoms in total. The van der Waals surface area contributed by atoms with Gasteiger partial charge in [0, 0.05) is 0 Å². The van der Waals surface area contributed by atoms with Crippen molar-refractivity contribution in [2.24, 2.45) is 0 Å². The van der Waals surface area contributed by atoms with Gasteiger partial charge in [-0.1, -0.05) is 0 Å². The first-order valence-electron chi connectivity index (χ1n) is 5.37. The number of hydrogen-bond acceptors (Lipinski definition) is 5. The summed E-state index contributed by atoms with van der Waals surface area (Å²) in [5.74, 6) is -3.41. The molecule has 0 spiro atoms. The molecule has 1 heterocycles. The third-order valence-electron chi connectivity index (χ3n) is 2.33. The third-order valence-corrected chi connectivity index (χ3v) is 2.33. The Hall–Kier alpha value is -2.51. The van der Waals surface area contributed by atoms with Crippen LogP contribution in [-0.4, -0.2) is 44.3 Å². The quantitative estimate of drug-likeness (QED) is 0.670. The number of carbonyl (C=O) groups excluding carboxylic acids is 1. The molecule has 0 saturated heterocycles. The molecule has 0 radical (unpaired) electrons. The standard InChI is InChI=1S/C11H13N3O5/c1-5-3-7(6(2)14-13-5)10(17)12-8(11(18)19)4-9(15)16/h3,8H,4H2,1-2H3,(H,12,17)(H,15,16)(H,18,19)/t8-/m1/s1. The summed E-state index contributed by atoms with van der Waals surface area (Å²) in [7, 11) is 0. The van der Waals surface area contributed by atoms with E-state index in [0.717, 1.165) is 0 Å². The van der Waals surface area contributed by atoms with Crippen molar-refractivity contribution in [3.05, 3.63) is 23.0 Å². The van der Waals surface area contributed by atoms with Crippen molar-refractivity contribution in [2.75, 3.05) is 0 Å². The third kappa shape index (κ3) is 4.02. The zero-order valence-electron chi connectivity index (χ0n) is 10.4. The highest BCUT2D eigenvalue weighted by molar-refractivity contribution is 5.98. The van der Waals surface area contributed by atoms with E-state index < -0.39 is 30.3 Å². The average molecular weight is 267 g/mol. The van der Waals surface area contributed by atoms with E-state index in [1.807, 2.05) is 0 Å². The largest absolute Gasteiger partial charge is 0.481 e. The summed E-state index contributed by atoms with van der Waals surface area (Å²) < 4.78 is 0. The van der Waals surface area contributed by atoms with Gasteiger partial charge in [-0.15, -0.1) is 0 Å². The molecule has 3 N–H and O–H groups in total. The lowest BCUT2D eigenvalue weighted by molar-refractivity contribution is -0.145. The van der Waals surface area contributed by atoms with E-state index in [1.165, 1.54) is 6.07 Å². The normalized spacial score (nSPS) is 11.7. The summed E-state index contributed by atoms with van der Waals surface area (Å²) in [6.45, 7) is 3.18. The van der Waals surface area contributed by atoms with E-state index in [1.54, 1.807) is 13.8 Å². The Balaban J connectivity index is 2.90. The van der Waals surface area contributed by atoms with E-state index in [4.69, 9.17) is 10.2 Å². The summed E-state index contributed by atoms with van der Waals surface area (Å²) in [4.78, 5) is 33.2. The molecule has 0 unspecified atom stereocenters. The number of nitrogens with zero attached hydrogens (tertiary/aromatic N) is 2. The highest BCUT2D eigenvalue weighted by Gasteiger charge is 2.24. The number of nitrogens with one attached hydrogen (secondary N) is 1. The van der Waals surface area contributed by atoms with Gasteiger partial charge in [-0.3, -0.25) is 9.59 Å². The maximum Gasteiger partial charge on any atom is 0.326 e. The molecule has 1 amide bonds. The second-order valence-corrected chi connectivity index (χ2v) is 3.95. The number of carboxylic acid groups (broad SMARTS) is 2. The van der Waals surface area contributed by atoms with Crippen LogP contribution in [0.15, 0.2) is 6.07 Å². The zero-order chi connectivity index (χ0) is 14.6. The number of aryl methyl sites for hydroxylation is 2. The monoisotopic (exact) mass is 267 g/mol. The summed E-state index contributed by atoms with van der Waals surface area (Å²) in [5, 5.41) is 27.0. The van der Waals surface area contributed by atoms with E-state index >= 15 is 0 Å². The maximum atomic E-state index is 11.9. The number of aromatic nitrogens is 2. The van der Waals surface area contributed by atoms with Gasteiger partial charge in [0.1, 0.15) is 6.04 Å². The van der Waals surface area contributed by atoms with Crippen LogP contribution in [0.5, 0.6) is 0 Å². The molecule has 0 aliphatic heterocycles. The first-order chi connectivity index (χ1) is 8.81. The summed E-state index contributed by atoms with van der Waals surface area (Å²) in [5.41, 5.74) is 1.01. The van der Waals surface area contributed by atoms with Gasteiger partial charge >= 0.3 is 11.9 Å². The van der Waals surface area contributed by atoms with Crippen LogP contribution in [-0.2, 0) is 9.59 Å². The maximum absolute atomic E-state index is 11.9. The first-order valence-corrected chi connectivity index (χ1v) is 5.37. The van der Waals surface area contributed by atoms with Gasteiger partial charge in [0.25, 0.3) is 5.91 Å². The van der Waals surface area contributed by atoms with Gasteiger partial charge in [-0.05, 0) is 19.9 Å². The molecule has 1 aromatic heterocycles. The lowest BCUT2D eigenvalue weighted by Crippen LogP contribution is -2.42. The minimum absolute atomic E-state index is 0.170. The molecule has 1 aromatic rings. The van der Waals surface area contributed by atoms with Gasteiger partial charge in [-0.25, -0.2) is 4.79 Å². The molecule has 0 aliphatic rings. The number of aliphatic carboxylic acids is 2. The topological polar surface area (TPSA) is 129 Å². The van der Waals surface area contributed by atoms with Crippen LogP contribution in [0.2, 0.25) is 0 Å². The Morgan fingerprint density at radius 2 is 1.89 bits per heavy atom. The van der Waals surface area contributed by atoms with Crippen molar-refractivity contribution >= 4 is 17.8 Å². The zero-order valence-corrected chi connectivity index (χ0v) is 10.4. The van der Waals surface area contributed by atoms with Gasteiger partial charge in [0.05, 0.1) is 23.4 Å². The van der Waals surface area contributed by atoms with Crippen molar-refractivity contribution in [3.8, 4) is 0 Å². The van der Waals surface area contributed by atoms with Crippen LogP contribution in [0.3, 0.4) is 0 Å². The minimum Gasteiger partial charge on any atom is -0.481 e. The Kier molecular flexibility index (Phi) is 4.51. The molecular weight excluding hydrogens is 254 g/mol. The van der Waals surface area contributed by atoms with E-state index in [-0.39, 0.29) is 5.56 Å². The average Bonchev–Trinajstić information content (AvgIpc) is 2.30. The molecule has 19 heavy (non-hydrogen) atoms. The highest BCUT2D eigenvalue weighted by Crippen LogP contribution is 2.06. The summed E-state index contributed by atoms with van der Waals surface area (Å²) in [6, 6.07) is -0.0324.